The molecule has 57 heavy (non-hydrogen) atoms. The summed E-state index contributed by atoms with van der Waals surface area (Å²) in [4.78, 5) is 37.9. The van der Waals surface area contributed by atoms with E-state index in [0.29, 0.717) is 19.3 Å². The summed E-state index contributed by atoms with van der Waals surface area (Å²) in [7, 11) is 0. The second kappa shape index (κ2) is 42.5. The molecule has 0 fully saturated rings. The van der Waals surface area contributed by atoms with Gasteiger partial charge in [-0.2, -0.15) is 0 Å². The van der Waals surface area contributed by atoms with Crippen molar-refractivity contribution in [3.8, 4) is 0 Å². The lowest BCUT2D eigenvalue weighted by atomic mass is 9.99. The van der Waals surface area contributed by atoms with Crippen molar-refractivity contribution in [2.24, 2.45) is 17.8 Å². The van der Waals surface area contributed by atoms with Gasteiger partial charge in [-0.3, -0.25) is 14.4 Å². The van der Waals surface area contributed by atoms with Gasteiger partial charge in [0.05, 0.1) is 0 Å². The Morgan fingerprint density at radius 3 is 0.912 bits per heavy atom. The number of hydrogen-bond donors (Lipinski definition) is 0. The topological polar surface area (TPSA) is 78.9 Å². The van der Waals surface area contributed by atoms with Crippen LogP contribution in [0.5, 0.6) is 0 Å². The Bertz CT molecular complexity index is 885. The molecule has 1 unspecified atom stereocenters. The van der Waals surface area contributed by atoms with Gasteiger partial charge in [0.25, 0.3) is 0 Å². The number of ether oxygens (including phenoxy) is 3. The molecule has 0 aromatic heterocycles. The van der Waals surface area contributed by atoms with E-state index >= 15 is 0 Å². The van der Waals surface area contributed by atoms with Crippen molar-refractivity contribution in [3.63, 3.8) is 0 Å². The van der Waals surface area contributed by atoms with Gasteiger partial charge in [0.1, 0.15) is 13.2 Å². The Kier molecular flexibility index (Phi) is 41.3. The summed E-state index contributed by atoms with van der Waals surface area (Å²) >= 11 is 0. The van der Waals surface area contributed by atoms with E-state index in [1.165, 1.54) is 154 Å². The molecular weight excluding hydrogens is 709 g/mol. The summed E-state index contributed by atoms with van der Waals surface area (Å²) in [5.74, 6) is 1.63. The fourth-order valence-electron chi connectivity index (χ4n) is 7.55. The monoisotopic (exact) mass is 807 g/mol. The van der Waals surface area contributed by atoms with Crippen LogP contribution >= 0.6 is 0 Å². The van der Waals surface area contributed by atoms with E-state index in [1.54, 1.807) is 0 Å². The zero-order valence-corrected chi connectivity index (χ0v) is 39.1. The molecule has 0 bridgehead atoms. The third-order valence-electron chi connectivity index (χ3n) is 11.8. The van der Waals surface area contributed by atoms with Gasteiger partial charge in [-0.25, -0.2) is 0 Å². The fourth-order valence-corrected chi connectivity index (χ4v) is 7.55. The lowest BCUT2D eigenvalue weighted by Gasteiger charge is -2.18. The average Bonchev–Trinajstić information content (AvgIpc) is 3.18. The average molecular weight is 807 g/mol. The van der Waals surface area contributed by atoms with Crippen molar-refractivity contribution in [3.05, 3.63) is 0 Å². The Labute approximate surface area is 355 Å². The highest BCUT2D eigenvalue weighted by Crippen LogP contribution is 2.18. The van der Waals surface area contributed by atoms with Gasteiger partial charge >= 0.3 is 17.9 Å². The molecule has 0 aromatic rings. The number of esters is 3. The van der Waals surface area contributed by atoms with Crippen molar-refractivity contribution in [1.82, 2.24) is 0 Å². The molecule has 338 valence electrons. The van der Waals surface area contributed by atoms with Crippen LogP contribution in [-0.2, 0) is 28.6 Å². The molecular formula is C51H98O6. The second-order valence-electron chi connectivity index (χ2n) is 18.6. The minimum atomic E-state index is -0.763. The van der Waals surface area contributed by atoms with E-state index in [4.69, 9.17) is 14.2 Å². The van der Waals surface area contributed by atoms with Crippen molar-refractivity contribution < 1.29 is 28.6 Å². The first-order valence-corrected chi connectivity index (χ1v) is 25.1. The standard InChI is InChI=1S/C51H98O6/c1-7-47(6)39-33-27-21-14-11-12-16-24-30-36-42-51(54)57-48(44-56-50(53)41-35-29-23-18-17-20-26-32-38-46(4)5)43-55-49(52)40-34-28-22-15-10-8-9-13-19-25-31-37-45(2)3/h45-48H,7-44H2,1-6H3/t47?,48-/m1/s1. The number of unbranched alkanes of at least 4 members (excludes halogenated alkanes) is 26. The molecule has 0 aliphatic carbocycles. The third kappa shape index (κ3) is 43.8. The van der Waals surface area contributed by atoms with E-state index in [1.807, 2.05) is 0 Å². The first kappa shape index (κ1) is 55.4. The maximum absolute atomic E-state index is 12.8. The van der Waals surface area contributed by atoms with Crippen molar-refractivity contribution in [2.75, 3.05) is 13.2 Å². The lowest BCUT2D eigenvalue weighted by molar-refractivity contribution is -0.167. The predicted molar refractivity (Wildman–Crippen MR) is 243 cm³/mol. The highest BCUT2D eigenvalue weighted by atomic mass is 16.6. The Balaban J connectivity index is 4.34. The number of carbonyl (C=O) groups is 3. The zero-order valence-electron chi connectivity index (χ0n) is 39.1. The molecule has 0 aliphatic rings. The summed E-state index contributed by atoms with van der Waals surface area (Å²) in [6.07, 6.45) is 40.8. The van der Waals surface area contributed by atoms with Crippen molar-refractivity contribution >= 4 is 17.9 Å². The largest absolute Gasteiger partial charge is 0.462 e. The van der Waals surface area contributed by atoms with Crippen LogP contribution in [0.25, 0.3) is 0 Å². The Hall–Kier alpha value is -1.59. The number of rotatable bonds is 44. The molecule has 0 spiro atoms. The van der Waals surface area contributed by atoms with Gasteiger partial charge in [0, 0.05) is 19.3 Å². The summed E-state index contributed by atoms with van der Waals surface area (Å²) in [6.45, 7) is 13.7. The minimum Gasteiger partial charge on any atom is -0.462 e. The summed E-state index contributed by atoms with van der Waals surface area (Å²) in [6, 6.07) is 0. The molecule has 0 saturated heterocycles. The van der Waals surface area contributed by atoms with Gasteiger partial charge in [-0.05, 0) is 37.0 Å². The van der Waals surface area contributed by atoms with Crippen molar-refractivity contribution in [2.45, 2.75) is 279 Å². The molecule has 6 nitrogen and oxygen atoms in total. The van der Waals surface area contributed by atoms with Gasteiger partial charge in [0.2, 0.25) is 0 Å². The molecule has 0 amide bonds. The van der Waals surface area contributed by atoms with Crippen molar-refractivity contribution in [1.29, 1.82) is 0 Å². The Morgan fingerprint density at radius 1 is 0.351 bits per heavy atom. The second-order valence-corrected chi connectivity index (χ2v) is 18.6. The maximum atomic E-state index is 12.8. The van der Waals surface area contributed by atoms with E-state index in [-0.39, 0.29) is 31.1 Å². The van der Waals surface area contributed by atoms with Gasteiger partial charge in [0.15, 0.2) is 6.10 Å². The quantitative estimate of drug-likeness (QED) is 0.0347. The van der Waals surface area contributed by atoms with Crippen LogP contribution in [0.1, 0.15) is 273 Å². The van der Waals surface area contributed by atoms with Crippen LogP contribution in [0.2, 0.25) is 0 Å². The maximum Gasteiger partial charge on any atom is 0.306 e. The summed E-state index contributed by atoms with van der Waals surface area (Å²) in [5.41, 5.74) is 0. The fraction of sp³-hybridized carbons (Fsp3) is 0.941. The molecule has 0 radical (unpaired) electrons. The SMILES string of the molecule is CCC(C)CCCCCCCCCCCCC(=O)O[C@H](COC(=O)CCCCCCCCCCCCCC(C)C)COC(=O)CCCCCCCCCCC(C)C. The molecule has 0 saturated carbocycles. The van der Waals surface area contributed by atoms with Gasteiger partial charge in [-0.15, -0.1) is 0 Å². The molecule has 0 aromatic carbocycles. The van der Waals surface area contributed by atoms with Gasteiger partial charge in [-0.1, -0.05) is 234 Å². The predicted octanol–water partition coefficient (Wildman–Crippen LogP) is 16.0. The molecule has 6 heteroatoms. The summed E-state index contributed by atoms with van der Waals surface area (Å²) in [5, 5.41) is 0. The van der Waals surface area contributed by atoms with E-state index in [0.717, 1.165) is 75.5 Å². The van der Waals surface area contributed by atoms with Crippen LogP contribution in [0, 0.1) is 17.8 Å². The van der Waals surface area contributed by atoms with E-state index in [2.05, 4.69) is 41.5 Å². The first-order valence-electron chi connectivity index (χ1n) is 25.1. The van der Waals surface area contributed by atoms with E-state index < -0.39 is 6.10 Å². The third-order valence-corrected chi connectivity index (χ3v) is 11.8. The van der Waals surface area contributed by atoms with Crippen LogP contribution in [0.15, 0.2) is 0 Å². The molecule has 0 N–H and O–H groups in total. The van der Waals surface area contributed by atoms with Crippen LogP contribution < -0.4 is 0 Å². The van der Waals surface area contributed by atoms with E-state index in [9.17, 15) is 14.4 Å². The number of carbonyl (C=O) groups excluding carboxylic acids is 3. The smallest absolute Gasteiger partial charge is 0.306 e. The lowest BCUT2D eigenvalue weighted by Crippen LogP contribution is -2.30. The Morgan fingerprint density at radius 2 is 0.614 bits per heavy atom. The molecule has 0 heterocycles. The summed E-state index contributed by atoms with van der Waals surface area (Å²) < 4.78 is 16.8. The highest BCUT2D eigenvalue weighted by molar-refractivity contribution is 5.71. The van der Waals surface area contributed by atoms with Crippen LogP contribution in [0.3, 0.4) is 0 Å². The van der Waals surface area contributed by atoms with Crippen LogP contribution in [0.4, 0.5) is 0 Å². The normalized spacial score (nSPS) is 12.6. The molecule has 0 rings (SSSR count). The minimum absolute atomic E-state index is 0.0654. The van der Waals surface area contributed by atoms with Gasteiger partial charge < -0.3 is 14.2 Å². The molecule has 2 atom stereocenters. The van der Waals surface area contributed by atoms with Crippen LogP contribution in [-0.4, -0.2) is 37.2 Å². The first-order chi connectivity index (χ1) is 27.6. The number of hydrogen-bond acceptors (Lipinski definition) is 6. The molecule has 0 aliphatic heterocycles. The zero-order chi connectivity index (χ0) is 42.0. The highest BCUT2D eigenvalue weighted by Gasteiger charge is 2.19.